The molecule has 1 atom stereocenters. The van der Waals surface area contributed by atoms with Crippen LogP contribution in [0.5, 0.6) is 0 Å². The predicted octanol–water partition coefficient (Wildman–Crippen LogP) is 7.68. The first-order valence-electron chi connectivity index (χ1n) is 16.9. The van der Waals surface area contributed by atoms with E-state index in [1.165, 1.54) is 0 Å². The molecule has 0 bridgehead atoms. The van der Waals surface area contributed by atoms with E-state index in [1.54, 1.807) is 0 Å². The van der Waals surface area contributed by atoms with Crippen molar-refractivity contribution in [1.29, 1.82) is 0 Å². The Hall–Kier alpha value is -2.68. The zero-order valence-corrected chi connectivity index (χ0v) is 27.6. The fourth-order valence-corrected chi connectivity index (χ4v) is 5.07. The van der Waals surface area contributed by atoms with Crippen molar-refractivity contribution in [2.24, 2.45) is 5.92 Å². The van der Waals surface area contributed by atoms with Crippen LogP contribution in [0.2, 0.25) is 0 Å². The van der Waals surface area contributed by atoms with Crippen molar-refractivity contribution in [1.82, 2.24) is 10.6 Å². The summed E-state index contributed by atoms with van der Waals surface area (Å²) < 4.78 is 23.0. The summed E-state index contributed by atoms with van der Waals surface area (Å²) in [7, 11) is 0. The molecule has 1 amide bonds. The molecule has 2 rings (SSSR count). The van der Waals surface area contributed by atoms with E-state index in [1.807, 2.05) is 25.1 Å². The average Bonchev–Trinajstić information content (AvgIpc) is 3.53. The zero-order valence-electron chi connectivity index (χ0n) is 27.6. The molecule has 0 saturated carbocycles. The van der Waals surface area contributed by atoms with Crippen LogP contribution in [0.4, 0.5) is 4.79 Å². The van der Waals surface area contributed by atoms with Gasteiger partial charge in [-0.15, -0.1) is 0 Å². The summed E-state index contributed by atoms with van der Waals surface area (Å²) in [6.45, 7) is 10.5. The van der Waals surface area contributed by atoms with Gasteiger partial charge in [0.15, 0.2) is 6.29 Å². The summed E-state index contributed by atoms with van der Waals surface area (Å²) in [6, 6.07) is 5.87. The number of aryl methyl sites for hydroxylation is 1. The van der Waals surface area contributed by atoms with Gasteiger partial charge in [0.2, 0.25) is 0 Å². The maximum absolute atomic E-state index is 12.6. The minimum absolute atomic E-state index is 0.165. The summed E-state index contributed by atoms with van der Waals surface area (Å²) in [5.41, 5.74) is 2.75. The molecule has 1 heterocycles. The zero-order chi connectivity index (χ0) is 31.7. The minimum atomic E-state index is -0.413. The van der Waals surface area contributed by atoms with Gasteiger partial charge in [-0.25, -0.2) is 4.79 Å². The van der Waals surface area contributed by atoms with Crippen molar-refractivity contribution >= 4 is 12.1 Å². The molecule has 1 aromatic rings. The van der Waals surface area contributed by atoms with E-state index >= 15 is 0 Å². The van der Waals surface area contributed by atoms with E-state index in [0.717, 1.165) is 94.0 Å². The highest BCUT2D eigenvalue weighted by Crippen LogP contribution is 2.15. The number of hydrogen-bond acceptors (Lipinski definition) is 7. The molecule has 248 valence electrons. The van der Waals surface area contributed by atoms with Crippen molar-refractivity contribution < 1.29 is 28.5 Å². The molecule has 0 aromatic heterocycles. The van der Waals surface area contributed by atoms with E-state index in [2.05, 4.69) is 48.8 Å². The molecule has 0 spiro atoms. The number of esters is 1. The second-order valence-electron chi connectivity index (χ2n) is 11.6. The lowest BCUT2D eigenvalue weighted by atomic mass is 10.1. The van der Waals surface area contributed by atoms with Gasteiger partial charge >= 0.3 is 12.1 Å². The Morgan fingerprint density at radius 1 is 0.909 bits per heavy atom. The van der Waals surface area contributed by atoms with Crippen LogP contribution in [-0.4, -0.2) is 51.2 Å². The van der Waals surface area contributed by atoms with Gasteiger partial charge in [0.25, 0.3) is 0 Å². The normalized spacial score (nSPS) is 15.0. The van der Waals surface area contributed by atoms with Crippen LogP contribution in [0, 0.1) is 12.8 Å². The molecule has 0 radical (unpaired) electrons. The summed E-state index contributed by atoms with van der Waals surface area (Å²) in [5.74, 6) is 0.335. The van der Waals surface area contributed by atoms with Crippen molar-refractivity contribution in [2.75, 3.05) is 32.8 Å². The van der Waals surface area contributed by atoms with Crippen LogP contribution < -0.4 is 10.6 Å². The van der Waals surface area contributed by atoms with E-state index < -0.39 is 12.4 Å². The van der Waals surface area contributed by atoms with E-state index in [9.17, 15) is 9.59 Å². The number of hydrogen-bond donors (Lipinski definition) is 2. The molecule has 44 heavy (non-hydrogen) atoms. The Balaban J connectivity index is 1.72. The molecule has 1 aromatic carbocycles. The molecule has 1 aliphatic heterocycles. The van der Waals surface area contributed by atoms with E-state index in [4.69, 9.17) is 18.9 Å². The van der Waals surface area contributed by atoms with Crippen molar-refractivity contribution in [3.63, 3.8) is 0 Å². The Morgan fingerprint density at radius 2 is 1.55 bits per heavy atom. The lowest BCUT2D eigenvalue weighted by Crippen LogP contribution is -2.27. The van der Waals surface area contributed by atoms with Crippen molar-refractivity contribution in [2.45, 2.75) is 117 Å². The van der Waals surface area contributed by atoms with E-state index in [-0.39, 0.29) is 25.6 Å². The van der Waals surface area contributed by atoms with Gasteiger partial charge in [-0.3, -0.25) is 4.79 Å². The number of benzene rings is 1. The quantitative estimate of drug-likeness (QED) is 0.0534. The van der Waals surface area contributed by atoms with Gasteiger partial charge < -0.3 is 29.6 Å². The van der Waals surface area contributed by atoms with E-state index in [0.29, 0.717) is 32.1 Å². The highest BCUT2D eigenvalue weighted by Gasteiger charge is 2.15. The second-order valence-corrected chi connectivity index (χ2v) is 11.6. The van der Waals surface area contributed by atoms with Crippen LogP contribution in [0.1, 0.15) is 108 Å². The fourth-order valence-electron chi connectivity index (χ4n) is 5.07. The van der Waals surface area contributed by atoms with Crippen LogP contribution in [0.15, 0.2) is 42.5 Å². The number of allylic oxidation sites excluding steroid dienone is 4. The third kappa shape index (κ3) is 18.9. The average molecular weight is 615 g/mol. The number of carbonyl (C=O) groups excluding carboxylic acids is 2. The van der Waals surface area contributed by atoms with Gasteiger partial charge in [0.1, 0.15) is 13.2 Å². The summed E-state index contributed by atoms with van der Waals surface area (Å²) >= 11 is 0. The summed E-state index contributed by atoms with van der Waals surface area (Å²) in [6.07, 6.45) is 19.1. The lowest BCUT2D eigenvalue weighted by molar-refractivity contribution is -0.160. The number of amides is 1. The third-order valence-electron chi connectivity index (χ3n) is 7.48. The highest BCUT2D eigenvalue weighted by molar-refractivity contribution is 5.69. The topological polar surface area (TPSA) is 95.1 Å². The third-order valence-corrected chi connectivity index (χ3v) is 7.48. The molecule has 8 nitrogen and oxygen atoms in total. The van der Waals surface area contributed by atoms with Crippen LogP contribution in [-0.2, 0) is 37.0 Å². The highest BCUT2D eigenvalue weighted by atomic mass is 16.7. The Morgan fingerprint density at radius 3 is 2.14 bits per heavy atom. The number of alkyl carbamates (subject to hydrolysis) is 1. The van der Waals surface area contributed by atoms with Crippen molar-refractivity contribution in [3.05, 3.63) is 59.2 Å². The monoisotopic (exact) mass is 614 g/mol. The molecule has 1 saturated heterocycles. The molecule has 2 N–H and O–H groups in total. The SMILES string of the molecule is CC/C=C\CCCCOC(CCC(=O)OCc1cc(C)cc(COC(=O)NCCC2CCNC2)c1)OCCCC/C=C\CC. The number of carbonyl (C=O) groups is 2. The number of nitrogens with one attached hydrogen (secondary N) is 2. The van der Waals surface area contributed by atoms with Gasteiger partial charge in [-0.05, 0) is 107 Å². The first kappa shape index (κ1) is 37.5. The molecule has 1 aliphatic rings. The smallest absolute Gasteiger partial charge is 0.407 e. The van der Waals surface area contributed by atoms with Crippen LogP contribution in [0.3, 0.4) is 0 Å². The molecule has 0 aliphatic carbocycles. The first-order valence-corrected chi connectivity index (χ1v) is 16.9. The Bertz CT molecular complexity index is 949. The maximum Gasteiger partial charge on any atom is 0.407 e. The van der Waals surface area contributed by atoms with Gasteiger partial charge in [0, 0.05) is 26.2 Å². The second kappa shape index (κ2) is 24.6. The maximum atomic E-state index is 12.6. The number of rotatable bonds is 24. The van der Waals surface area contributed by atoms with Gasteiger partial charge in [-0.1, -0.05) is 55.8 Å². The Kier molecular flexibility index (Phi) is 21.0. The summed E-state index contributed by atoms with van der Waals surface area (Å²) in [5, 5.41) is 6.18. The predicted molar refractivity (Wildman–Crippen MR) is 176 cm³/mol. The molecule has 1 unspecified atom stereocenters. The first-order chi connectivity index (χ1) is 21.5. The lowest BCUT2D eigenvalue weighted by Gasteiger charge is -2.18. The van der Waals surface area contributed by atoms with Crippen molar-refractivity contribution in [3.8, 4) is 0 Å². The van der Waals surface area contributed by atoms with Gasteiger partial charge in [-0.2, -0.15) is 0 Å². The molecule has 8 heteroatoms. The van der Waals surface area contributed by atoms with Crippen LogP contribution >= 0.6 is 0 Å². The summed E-state index contributed by atoms with van der Waals surface area (Å²) in [4.78, 5) is 24.8. The minimum Gasteiger partial charge on any atom is -0.461 e. The van der Waals surface area contributed by atoms with Crippen LogP contribution in [0.25, 0.3) is 0 Å². The van der Waals surface area contributed by atoms with Gasteiger partial charge in [0.05, 0.1) is 6.42 Å². The molecule has 1 fully saturated rings. The fraction of sp³-hybridized carbons (Fsp3) is 0.667. The molecular formula is C36H58N2O6. The largest absolute Gasteiger partial charge is 0.461 e. The molecular weight excluding hydrogens is 556 g/mol. The Labute approximate surface area is 266 Å². The standard InChI is InChI=1S/C36H58N2O6/c1-4-6-8-10-12-14-22-41-35(42-23-15-13-11-9-7-5-2)17-16-34(39)43-28-32-24-30(3)25-33(26-32)29-44-36(40)38-21-19-31-18-20-37-27-31/h6-9,24-26,31,35,37H,4-5,10-23,27-29H2,1-3H3,(H,38,40)/b8-6-,9-7-. The number of ether oxygens (including phenoxy) is 4. The number of unbranched alkanes of at least 4 members (excludes halogenated alkanes) is 4.